The Morgan fingerprint density at radius 3 is 2.59 bits per heavy atom. The van der Waals surface area contributed by atoms with Gasteiger partial charge in [0, 0.05) is 12.2 Å². The topological polar surface area (TPSA) is 46.3 Å². The Balaban J connectivity index is 2.87. The fourth-order valence-corrected chi connectivity index (χ4v) is 1.57. The molecule has 0 aromatic heterocycles. The Morgan fingerprint density at radius 2 is 2.12 bits per heavy atom. The predicted octanol–water partition coefficient (Wildman–Crippen LogP) is 2.08. The molecule has 92 valence electrons. The first-order valence-corrected chi connectivity index (χ1v) is 5.53. The zero-order valence-corrected chi connectivity index (χ0v) is 9.90. The Hall–Kier alpha value is -1.68. The summed E-state index contributed by atoms with van der Waals surface area (Å²) in [6, 6.07) is 5.18. The Labute approximate surface area is 101 Å². The van der Waals surface area contributed by atoms with Gasteiger partial charge >= 0.3 is 0 Å². The number of rotatable bonds is 5. The van der Waals surface area contributed by atoms with Gasteiger partial charge < -0.3 is 10.6 Å². The minimum atomic E-state index is -0.600. The van der Waals surface area contributed by atoms with Crippen LogP contribution in [0.15, 0.2) is 36.9 Å². The van der Waals surface area contributed by atoms with Crippen molar-refractivity contribution in [3.8, 4) is 0 Å². The molecule has 0 aliphatic carbocycles. The minimum absolute atomic E-state index is 0.181. The first kappa shape index (κ1) is 13.4. The van der Waals surface area contributed by atoms with Crippen molar-refractivity contribution in [3.63, 3.8) is 0 Å². The first-order chi connectivity index (χ1) is 8.10. The van der Waals surface area contributed by atoms with E-state index in [1.54, 1.807) is 18.2 Å². The van der Waals surface area contributed by atoms with Crippen molar-refractivity contribution in [2.45, 2.75) is 19.4 Å². The fraction of sp³-hybridized carbons (Fsp3) is 0.308. The monoisotopic (exact) mass is 236 g/mol. The van der Waals surface area contributed by atoms with Crippen LogP contribution < -0.4 is 10.6 Å². The second-order valence-electron chi connectivity index (χ2n) is 3.69. The molecule has 0 saturated heterocycles. The van der Waals surface area contributed by atoms with E-state index in [4.69, 9.17) is 5.73 Å². The second kappa shape index (κ2) is 6.15. The van der Waals surface area contributed by atoms with E-state index < -0.39 is 6.04 Å². The summed E-state index contributed by atoms with van der Waals surface area (Å²) in [4.78, 5) is 13.5. The van der Waals surface area contributed by atoms with Crippen LogP contribution in [-0.4, -0.2) is 18.5 Å². The number of hydrogen-bond acceptors (Lipinski definition) is 2. The smallest absolute Gasteiger partial charge is 0.244 e. The molecule has 0 spiro atoms. The van der Waals surface area contributed by atoms with Crippen molar-refractivity contribution in [1.82, 2.24) is 0 Å². The van der Waals surface area contributed by atoms with Crippen LogP contribution in [0.5, 0.6) is 0 Å². The number of nitrogens with zero attached hydrogens (tertiary/aromatic N) is 1. The number of hydrogen-bond donors (Lipinski definition) is 1. The SMILES string of the molecule is C=CCC(N)C(=O)N(CC)c1ccc(F)cc1. The molecule has 1 unspecified atom stereocenters. The largest absolute Gasteiger partial charge is 0.320 e. The number of halogens is 1. The van der Waals surface area contributed by atoms with Crippen molar-refractivity contribution in [2.75, 3.05) is 11.4 Å². The Morgan fingerprint density at radius 1 is 1.53 bits per heavy atom. The molecule has 0 radical (unpaired) electrons. The lowest BCUT2D eigenvalue weighted by molar-refractivity contribution is -0.119. The van der Waals surface area contributed by atoms with Gasteiger partial charge in [0.15, 0.2) is 0 Å². The average molecular weight is 236 g/mol. The lowest BCUT2D eigenvalue weighted by Gasteiger charge is -2.24. The van der Waals surface area contributed by atoms with E-state index in [0.717, 1.165) is 0 Å². The van der Waals surface area contributed by atoms with E-state index in [2.05, 4.69) is 6.58 Å². The Kier molecular flexibility index (Phi) is 4.84. The minimum Gasteiger partial charge on any atom is -0.320 e. The van der Waals surface area contributed by atoms with Crippen molar-refractivity contribution < 1.29 is 9.18 Å². The molecule has 3 nitrogen and oxygen atoms in total. The summed E-state index contributed by atoms with van der Waals surface area (Å²) in [5.74, 6) is -0.508. The molecule has 1 aromatic rings. The maximum Gasteiger partial charge on any atom is 0.244 e. The highest BCUT2D eigenvalue weighted by atomic mass is 19.1. The van der Waals surface area contributed by atoms with Gasteiger partial charge in [0.05, 0.1) is 6.04 Å². The van der Waals surface area contributed by atoms with Gasteiger partial charge in [-0.25, -0.2) is 4.39 Å². The van der Waals surface area contributed by atoms with E-state index in [9.17, 15) is 9.18 Å². The molecule has 0 saturated carbocycles. The zero-order chi connectivity index (χ0) is 12.8. The van der Waals surface area contributed by atoms with Gasteiger partial charge in [-0.2, -0.15) is 0 Å². The van der Waals surface area contributed by atoms with Gasteiger partial charge in [-0.15, -0.1) is 6.58 Å². The van der Waals surface area contributed by atoms with Crippen molar-refractivity contribution in [2.24, 2.45) is 5.73 Å². The lowest BCUT2D eigenvalue weighted by Crippen LogP contribution is -2.43. The van der Waals surface area contributed by atoms with Crippen molar-refractivity contribution in [1.29, 1.82) is 0 Å². The Bertz CT molecular complexity index is 389. The molecule has 1 atom stereocenters. The summed E-state index contributed by atoms with van der Waals surface area (Å²) in [6.07, 6.45) is 2.04. The molecule has 0 fully saturated rings. The number of anilines is 1. The second-order valence-corrected chi connectivity index (χ2v) is 3.69. The molecule has 0 aliphatic rings. The number of benzene rings is 1. The van der Waals surface area contributed by atoms with Crippen LogP contribution in [0, 0.1) is 5.82 Å². The van der Waals surface area contributed by atoms with Crippen LogP contribution in [-0.2, 0) is 4.79 Å². The van der Waals surface area contributed by atoms with Crippen LogP contribution in [0.25, 0.3) is 0 Å². The third kappa shape index (κ3) is 3.39. The van der Waals surface area contributed by atoms with Crippen LogP contribution in [0.3, 0.4) is 0 Å². The highest BCUT2D eigenvalue weighted by Gasteiger charge is 2.19. The summed E-state index contributed by atoms with van der Waals surface area (Å²) >= 11 is 0. The van der Waals surface area contributed by atoms with E-state index >= 15 is 0 Å². The van der Waals surface area contributed by atoms with Gasteiger partial charge in [0.2, 0.25) is 5.91 Å². The first-order valence-electron chi connectivity index (χ1n) is 5.53. The van der Waals surface area contributed by atoms with Crippen LogP contribution in [0.2, 0.25) is 0 Å². The van der Waals surface area contributed by atoms with E-state index in [1.807, 2.05) is 6.92 Å². The van der Waals surface area contributed by atoms with Gasteiger partial charge in [0.25, 0.3) is 0 Å². The number of likely N-dealkylation sites (N-methyl/N-ethyl adjacent to an activating group) is 1. The third-order valence-corrected chi connectivity index (χ3v) is 2.46. The van der Waals surface area contributed by atoms with Crippen LogP contribution in [0.1, 0.15) is 13.3 Å². The highest BCUT2D eigenvalue weighted by Crippen LogP contribution is 2.16. The number of amides is 1. The molecule has 1 amide bonds. The van der Waals surface area contributed by atoms with Gasteiger partial charge in [-0.1, -0.05) is 6.08 Å². The van der Waals surface area contributed by atoms with E-state index in [1.165, 1.54) is 17.0 Å². The third-order valence-electron chi connectivity index (χ3n) is 2.46. The van der Waals surface area contributed by atoms with Crippen LogP contribution >= 0.6 is 0 Å². The molecule has 1 aromatic carbocycles. The lowest BCUT2D eigenvalue weighted by atomic mass is 10.1. The summed E-state index contributed by atoms with van der Waals surface area (Å²) in [5, 5.41) is 0. The van der Waals surface area contributed by atoms with Crippen molar-refractivity contribution in [3.05, 3.63) is 42.7 Å². The van der Waals surface area contributed by atoms with Gasteiger partial charge in [-0.3, -0.25) is 4.79 Å². The average Bonchev–Trinajstić information content (AvgIpc) is 2.32. The normalized spacial score (nSPS) is 11.9. The standard InChI is InChI=1S/C13H17FN2O/c1-3-5-12(15)13(17)16(4-2)11-8-6-10(14)7-9-11/h3,6-9,12H,1,4-5,15H2,2H3. The maximum absolute atomic E-state index is 12.8. The summed E-state index contributed by atoms with van der Waals surface area (Å²) in [5.41, 5.74) is 6.39. The number of carbonyl (C=O) groups excluding carboxylic acids is 1. The molecule has 1 rings (SSSR count). The molecular formula is C13H17FN2O. The summed E-state index contributed by atoms with van der Waals surface area (Å²) in [6.45, 7) is 5.90. The van der Waals surface area contributed by atoms with Crippen LogP contribution in [0.4, 0.5) is 10.1 Å². The van der Waals surface area contributed by atoms with E-state index in [-0.39, 0.29) is 11.7 Å². The molecule has 0 bridgehead atoms. The number of carbonyl (C=O) groups is 1. The fourth-order valence-electron chi connectivity index (χ4n) is 1.57. The van der Waals surface area contributed by atoms with Gasteiger partial charge in [0.1, 0.15) is 5.82 Å². The maximum atomic E-state index is 12.8. The zero-order valence-electron chi connectivity index (χ0n) is 9.90. The number of nitrogens with two attached hydrogens (primary N) is 1. The molecule has 0 heterocycles. The van der Waals surface area contributed by atoms with Gasteiger partial charge in [-0.05, 0) is 37.6 Å². The molecule has 0 aliphatic heterocycles. The predicted molar refractivity (Wildman–Crippen MR) is 67.2 cm³/mol. The quantitative estimate of drug-likeness (QED) is 0.796. The summed E-state index contributed by atoms with van der Waals surface area (Å²) < 4.78 is 12.8. The molecular weight excluding hydrogens is 219 g/mol. The van der Waals surface area contributed by atoms with E-state index in [0.29, 0.717) is 18.7 Å². The summed E-state index contributed by atoms with van der Waals surface area (Å²) in [7, 11) is 0. The van der Waals surface area contributed by atoms with Crippen molar-refractivity contribution >= 4 is 11.6 Å². The molecule has 2 N–H and O–H groups in total. The molecule has 17 heavy (non-hydrogen) atoms. The molecule has 4 heteroatoms. The highest BCUT2D eigenvalue weighted by molar-refractivity contribution is 5.97.